The Balaban J connectivity index is 1.81. The number of nitrogens with one attached hydrogen (secondary N) is 1. The van der Waals surface area contributed by atoms with Crippen LogP contribution >= 0.6 is 15.9 Å². The molecule has 3 nitrogen and oxygen atoms in total. The zero-order valence-corrected chi connectivity index (χ0v) is 13.0. The number of hydrogen-bond acceptors (Lipinski definition) is 3. The summed E-state index contributed by atoms with van der Waals surface area (Å²) < 4.78 is 12.4. The number of halogens is 1. The summed E-state index contributed by atoms with van der Waals surface area (Å²) in [6.45, 7) is 1.83. The maximum absolute atomic E-state index is 5.76. The molecule has 0 aromatic heterocycles. The highest BCUT2D eigenvalue weighted by Crippen LogP contribution is 2.19. The van der Waals surface area contributed by atoms with E-state index in [0.29, 0.717) is 13.2 Å². The molecule has 0 heterocycles. The Morgan fingerprint density at radius 3 is 2.60 bits per heavy atom. The zero-order chi connectivity index (χ0) is 14.2. The van der Waals surface area contributed by atoms with E-state index in [1.54, 1.807) is 0 Å². The van der Waals surface area contributed by atoms with Gasteiger partial charge < -0.3 is 14.8 Å². The molecule has 0 radical (unpaired) electrons. The summed E-state index contributed by atoms with van der Waals surface area (Å²) in [5.41, 5.74) is 1.15. The number of para-hydroxylation sites is 1. The van der Waals surface area contributed by atoms with Gasteiger partial charge in [-0.2, -0.15) is 0 Å². The molecule has 2 rings (SSSR count). The molecular formula is C16H18BrNO2. The Hall–Kier alpha value is -1.52. The molecule has 0 bridgehead atoms. The largest absolute Gasteiger partial charge is 0.490 e. The van der Waals surface area contributed by atoms with Crippen molar-refractivity contribution >= 4 is 15.9 Å². The van der Waals surface area contributed by atoms with Crippen LogP contribution in [0, 0.1) is 0 Å². The second kappa shape index (κ2) is 7.92. The first kappa shape index (κ1) is 14.9. The van der Waals surface area contributed by atoms with Crippen LogP contribution in [0.2, 0.25) is 0 Å². The molecule has 0 unspecified atom stereocenters. The molecule has 2 aromatic carbocycles. The van der Waals surface area contributed by atoms with Crippen LogP contribution in [0.4, 0.5) is 0 Å². The van der Waals surface area contributed by atoms with Gasteiger partial charge in [-0.3, -0.25) is 0 Å². The maximum atomic E-state index is 5.76. The summed E-state index contributed by atoms with van der Waals surface area (Å²) >= 11 is 3.42. The lowest BCUT2D eigenvalue weighted by Crippen LogP contribution is -2.12. The van der Waals surface area contributed by atoms with E-state index >= 15 is 0 Å². The summed E-state index contributed by atoms with van der Waals surface area (Å²) in [5, 5.41) is 3.13. The van der Waals surface area contributed by atoms with Crippen molar-refractivity contribution in [2.75, 3.05) is 20.3 Å². The fourth-order valence-corrected chi connectivity index (χ4v) is 2.23. The lowest BCUT2D eigenvalue weighted by Gasteiger charge is -2.12. The minimum absolute atomic E-state index is 0.518. The number of rotatable bonds is 7. The van der Waals surface area contributed by atoms with Crippen molar-refractivity contribution in [3.63, 3.8) is 0 Å². The summed E-state index contributed by atoms with van der Waals surface area (Å²) in [4.78, 5) is 0. The summed E-state index contributed by atoms with van der Waals surface area (Å²) in [6, 6.07) is 15.8. The van der Waals surface area contributed by atoms with Gasteiger partial charge in [0, 0.05) is 16.6 Å². The van der Waals surface area contributed by atoms with Crippen LogP contribution in [0.1, 0.15) is 5.56 Å². The Morgan fingerprint density at radius 2 is 1.80 bits per heavy atom. The van der Waals surface area contributed by atoms with E-state index in [1.807, 2.05) is 49.5 Å². The SMILES string of the molecule is CNCc1ccccc1OCCOc1cccc(Br)c1. The third-order valence-corrected chi connectivity index (χ3v) is 3.24. The molecule has 0 spiro atoms. The van der Waals surface area contributed by atoms with Gasteiger partial charge in [-0.05, 0) is 31.3 Å². The first-order chi connectivity index (χ1) is 9.79. The summed E-state index contributed by atoms with van der Waals surface area (Å²) in [6.07, 6.45) is 0. The second-order valence-electron chi connectivity index (χ2n) is 4.29. The van der Waals surface area contributed by atoms with E-state index in [-0.39, 0.29) is 0 Å². The van der Waals surface area contributed by atoms with Crippen molar-refractivity contribution in [1.82, 2.24) is 5.32 Å². The molecule has 0 saturated carbocycles. The molecule has 0 aliphatic rings. The average molecular weight is 336 g/mol. The highest BCUT2D eigenvalue weighted by molar-refractivity contribution is 9.10. The molecule has 20 heavy (non-hydrogen) atoms. The molecule has 106 valence electrons. The van der Waals surface area contributed by atoms with Crippen LogP contribution < -0.4 is 14.8 Å². The van der Waals surface area contributed by atoms with Gasteiger partial charge in [0.1, 0.15) is 24.7 Å². The maximum Gasteiger partial charge on any atom is 0.123 e. The highest BCUT2D eigenvalue weighted by Gasteiger charge is 2.02. The van der Waals surface area contributed by atoms with Gasteiger partial charge in [0.25, 0.3) is 0 Å². The van der Waals surface area contributed by atoms with Crippen LogP contribution in [0.25, 0.3) is 0 Å². The van der Waals surface area contributed by atoms with Gasteiger partial charge in [0.2, 0.25) is 0 Å². The van der Waals surface area contributed by atoms with E-state index in [0.717, 1.165) is 28.1 Å². The van der Waals surface area contributed by atoms with Crippen molar-refractivity contribution in [2.24, 2.45) is 0 Å². The molecule has 0 aliphatic heterocycles. The standard InChI is InChI=1S/C16H18BrNO2/c1-18-12-13-5-2-3-8-16(13)20-10-9-19-15-7-4-6-14(17)11-15/h2-8,11,18H,9-10,12H2,1H3. The zero-order valence-electron chi connectivity index (χ0n) is 11.4. The van der Waals surface area contributed by atoms with Gasteiger partial charge >= 0.3 is 0 Å². The topological polar surface area (TPSA) is 30.5 Å². The van der Waals surface area contributed by atoms with Gasteiger partial charge in [-0.25, -0.2) is 0 Å². The van der Waals surface area contributed by atoms with Gasteiger partial charge in [0.05, 0.1) is 0 Å². The minimum Gasteiger partial charge on any atom is -0.490 e. The molecular weight excluding hydrogens is 318 g/mol. The molecule has 1 N–H and O–H groups in total. The molecule has 0 aliphatic carbocycles. The van der Waals surface area contributed by atoms with Crippen molar-refractivity contribution in [3.8, 4) is 11.5 Å². The first-order valence-electron chi connectivity index (χ1n) is 6.53. The summed E-state index contributed by atoms with van der Waals surface area (Å²) in [5.74, 6) is 1.74. The summed E-state index contributed by atoms with van der Waals surface area (Å²) in [7, 11) is 1.92. The van der Waals surface area contributed by atoms with Crippen molar-refractivity contribution in [2.45, 2.75) is 6.54 Å². The average Bonchev–Trinajstić information content (AvgIpc) is 2.46. The van der Waals surface area contributed by atoms with Gasteiger partial charge in [-0.1, -0.05) is 40.2 Å². The molecule has 0 amide bonds. The smallest absolute Gasteiger partial charge is 0.123 e. The Morgan fingerprint density at radius 1 is 1.00 bits per heavy atom. The number of hydrogen-bond donors (Lipinski definition) is 1. The van der Waals surface area contributed by atoms with E-state index in [4.69, 9.17) is 9.47 Å². The van der Waals surface area contributed by atoms with Crippen LogP contribution in [-0.2, 0) is 6.54 Å². The van der Waals surface area contributed by atoms with Crippen LogP contribution in [0.15, 0.2) is 53.0 Å². The predicted octanol–water partition coefficient (Wildman–Crippen LogP) is 3.63. The Labute approximate surface area is 128 Å². The third kappa shape index (κ3) is 4.54. The van der Waals surface area contributed by atoms with E-state index in [9.17, 15) is 0 Å². The third-order valence-electron chi connectivity index (χ3n) is 2.75. The van der Waals surface area contributed by atoms with Crippen LogP contribution in [0.5, 0.6) is 11.5 Å². The minimum atomic E-state index is 0.518. The normalized spacial score (nSPS) is 10.3. The fourth-order valence-electron chi connectivity index (χ4n) is 1.85. The first-order valence-corrected chi connectivity index (χ1v) is 7.32. The molecule has 0 fully saturated rings. The fraction of sp³-hybridized carbons (Fsp3) is 0.250. The molecule has 4 heteroatoms. The lowest BCUT2D eigenvalue weighted by atomic mass is 10.2. The molecule has 0 saturated heterocycles. The number of ether oxygens (including phenoxy) is 2. The van der Waals surface area contributed by atoms with Crippen LogP contribution in [-0.4, -0.2) is 20.3 Å². The van der Waals surface area contributed by atoms with E-state index in [2.05, 4.69) is 27.3 Å². The highest BCUT2D eigenvalue weighted by atomic mass is 79.9. The Bertz CT molecular complexity index is 546. The van der Waals surface area contributed by atoms with Crippen molar-refractivity contribution < 1.29 is 9.47 Å². The second-order valence-corrected chi connectivity index (χ2v) is 5.21. The van der Waals surface area contributed by atoms with E-state index < -0.39 is 0 Å². The van der Waals surface area contributed by atoms with Gasteiger partial charge in [-0.15, -0.1) is 0 Å². The van der Waals surface area contributed by atoms with E-state index in [1.165, 1.54) is 0 Å². The van der Waals surface area contributed by atoms with Crippen molar-refractivity contribution in [1.29, 1.82) is 0 Å². The molecule has 0 atom stereocenters. The van der Waals surface area contributed by atoms with Crippen molar-refractivity contribution in [3.05, 3.63) is 58.6 Å². The monoisotopic (exact) mass is 335 g/mol. The predicted molar refractivity (Wildman–Crippen MR) is 84.3 cm³/mol. The quantitative estimate of drug-likeness (QED) is 0.784. The number of benzene rings is 2. The van der Waals surface area contributed by atoms with Crippen LogP contribution in [0.3, 0.4) is 0 Å². The lowest BCUT2D eigenvalue weighted by molar-refractivity contribution is 0.215. The Kier molecular flexibility index (Phi) is 5.89. The molecule has 2 aromatic rings. The van der Waals surface area contributed by atoms with Gasteiger partial charge in [0.15, 0.2) is 0 Å².